The quantitative estimate of drug-likeness (QED) is 0.826. The van der Waals surface area contributed by atoms with Gasteiger partial charge < -0.3 is 15.0 Å². The molecule has 23 heavy (non-hydrogen) atoms. The van der Waals surface area contributed by atoms with Crippen molar-refractivity contribution in [2.24, 2.45) is 0 Å². The van der Waals surface area contributed by atoms with E-state index in [9.17, 15) is 4.79 Å². The molecule has 0 saturated heterocycles. The smallest absolute Gasteiger partial charge is 0.321 e. The van der Waals surface area contributed by atoms with Gasteiger partial charge in [0, 0.05) is 19.3 Å². The largest absolute Gasteiger partial charge is 0.492 e. The van der Waals surface area contributed by atoms with E-state index in [0.29, 0.717) is 29.6 Å². The number of carbonyl (C=O) groups excluding carboxylic acids is 1. The summed E-state index contributed by atoms with van der Waals surface area (Å²) in [5.74, 6) is 0.629. The molecule has 0 atom stereocenters. The lowest BCUT2D eigenvalue weighted by atomic mass is 10.2. The molecule has 2 aromatic rings. The molecular formula is C18H21ClN2O2. The Balaban J connectivity index is 1.95. The minimum Gasteiger partial charge on any atom is -0.492 e. The molecule has 5 heteroatoms. The Bertz CT molecular complexity index is 647. The first-order valence-corrected chi connectivity index (χ1v) is 7.96. The molecular weight excluding hydrogens is 312 g/mol. The molecule has 0 aliphatic heterocycles. The molecule has 2 amide bonds. The topological polar surface area (TPSA) is 41.6 Å². The Kier molecular flexibility index (Phi) is 6.29. The second kappa shape index (κ2) is 8.44. The normalized spacial score (nSPS) is 10.2. The van der Waals surface area contributed by atoms with E-state index < -0.39 is 0 Å². The third-order valence-corrected chi connectivity index (χ3v) is 3.55. The Morgan fingerprint density at radius 1 is 1.22 bits per heavy atom. The number of hydrogen-bond acceptors (Lipinski definition) is 2. The molecule has 0 fully saturated rings. The summed E-state index contributed by atoms with van der Waals surface area (Å²) in [6.07, 6.45) is 0.916. The van der Waals surface area contributed by atoms with Gasteiger partial charge in [-0.25, -0.2) is 4.79 Å². The van der Waals surface area contributed by atoms with E-state index in [2.05, 4.69) is 5.32 Å². The number of anilines is 1. The summed E-state index contributed by atoms with van der Waals surface area (Å²) in [5, 5.41) is 3.32. The number of halogens is 1. The zero-order chi connectivity index (χ0) is 16.7. The number of nitrogens with zero attached hydrogens (tertiary/aromatic N) is 1. The van der Waals surface area contributed by atoms with Crippen molar-refractivity contribution in [2.75, 3.05) is 19.0 Å². The van der Waals surface area contributed by atoms with Crippen LogP contribution < -0.4 is 10.1 Å². The molecule has 0 aliphatic rings. The highest BCUT2D eigenvalue weighted by atomic mass is 35.5. The van der Waals surface area contributed by atoms with E-state index in [1.54, 1.807) is 30.1 Å². The lowest BCUT2D eigenvalue weighted by molar-refractivity contribution is 0.220. The molecule has 0 bridgehead atoms. The van der Waals surface area contributed by atoms with Gasteiger partial charge in [0.25, 0.3) is 0 Å². The van der Waals surface area contributed by atoms with E-state index >= 15 is 0 Å². The summed E-state index contributed by atoms with van der Waals surface area (Å²) in [6, 6.07) is 14.9. The third-order valence-electron chi connectivity index (χ3n) is 3.25. The number of amides is 2. The van der Waals surface area contributed by atoms with Crippen LogP contribution in [-0.2, 0) is 6.54 Å². The average Bonchev–Trinajstić information content (AvgIpc) is 2.55. The molecule has 1 N–H and O–H groups in total. The van der Waals surface area contributed by atoms with Crippen LogP contribution in [0.1, 0.15) is 18.9 Å². The lowest BCUT2D eigenvalue weighted by Gasteiger charge is -2.18. The maximum absolute atomic E-state index is 12.2. The van der Waals surface area contributed by atoms with Crippen molar-refractivity contribution in [3.63, 3.8) is 0 Å². The van der Waals surface area contributed by atoms with E-state index in [-0.39, 0.29) is 6.03 Å². The molecule has 0 unspecified atom stereocenters. The second-order valence-corrected chi connectivity index (χ2v) is 5.67. The minimum absolute atomic E-state index is 0.188. The Morgan fingerprint density at radius 2 is 1.96 bits per heavy atom. The Labute approximate surface area is 142 Å². The third kappa shape index (κ3) is 5.18. The molecule has 4 nitrogen and oxygen atoms in total. The van der Waals surface area contributed by atoms with Gasteiger partial charge in [-0.05, 0) is 30.2 Å². The molecule has 0 spiro atoms. The van der Waals surface area contributed by atoms with Crippen LogP contribution in [0.15, 0.2) is 48.5 Å². The molecule has 0 aliphatic carbocycles. The molecule has 2 aromatic carbocycles. The van der Waals surface area contributed by atoms with Crippen molar-refractivity contribution in [1.82, 2.24) is 4.90 Å². The van der Waals surface area contributed by atoms with Crippen molar-refractivity contribution in [3.05, 3.63) is 59.1 Å². The fourth-order valence-electron chi connectivity index (χ4n) is 2.06. The second-order valence-electron chi connectivity index (χ2n) is 5.27. The van der Waals surface area contributed by atoms with E-state index in [1.807, 2.05) is 37.3 Å². The van der Waals surface area contributed by atoms with Gasteiger partial charge in [0.1, 0.15) is 5.75 Å². The summed E-state index contributed by atoms with van der Waals surface area (Å²) < 4.78 is 5.52. The zero-order valence-electron chi connectivity index (χ0n) is 13.4. The van der Waals surface area contributed by atoms with Crippen LogP contribution in [0.4, 0.5) is 10.5 Å². The van der Waals surface area contributed by atoms with Gasteiger partial charge in [-0.2, -0.15) is 0 Å². The summed E-state index contributed by atoms with van der Waals surface area (Å²) in [5.41, 5.74) is 1.72. The number of urea groups is 1. The number of carbonyl (C=O) groups is 1. The van der Waals surface area contributed by atoms with Gasteiger partial charge in [-0.1, -0.05) is 48.9 Å². The van der Waals surface area contributed by atoms with Gasteiger partial charge >= 0.3 is 6.03 Å². The molecule has 122 valence electrons. The Morgan fingerprint density at radius 3 is 2.61 bits per heavy atom. The number of rotatable bonds is 6. The summed E-state index contributed by atoms with van der Waals surface area (Å²) in [4.78, 5) is 13.8. The lowest BCUT2D eigenvalue weighted by Crippen LogP contribution is -2.30. The minimum atomic E-state index is -0.188. The van der Waals surface area contributed by atoms with Gasteiger partial charge in [0.15, 0.2) is 0 Å². The van der Waals surface area contributed by atoms with E-state index in [4.69, 9.17) is 16.3 Å². The summed E-state index contributed by atoms with van der Waals surface area (Å²) in [7, 11) is 1.75. The number of hydrogen-bond donors (Lipinski definition) is 1. The molecule has 0 radical (unpaired) electrons. The highest BCUT2D eigenvalue weighted by Gasteiger charge is 2.10. The van der Waals surface area contributed by atoms with Gasteiger partial charge in [0.2, 0.25) is 0 Å². The first-order valence-electron chi connectivity index (χ1n) is 7.58. The number of benzene rings is 2. The molecule has 0 heterocycles. The van der Waals surface area contributed by atoms with Crippen LogP contribution in [0.25, 0.3) is 0 Å². The highest BCUT2D eigenvalue weighted by molar-refractivity contribution is 6.32. The van der Waals surface area contributed by atoms with E-state index in [0.717, 1.165) is 12.0 Å². The predicted octanol–water partition coefficient (Wildman–Crippen LogP) is 4.79. The van der Waals surface area contributed by atoms with Crippen LogP contribution in [0.5, 0.6) is 5.75 Å². The van der Waals surface area contributed by atoms with E-state index in [1.165, 1.54) is 0 Å². The summed E-state index contributed by atoms with van der Waals surface area (Å²) in [6.45, 7) is 3.19. The Hall–Kier alpha value is -2.20. The van der Waals surface area contributed by atoms with Crippen LogP contribution in [0.2, 0.25) is 5.02 Å². The van der Waals surface area contributed by atoms with Gasteiger partial charge in [0.05, 0.1) is 11.6 Å². The van der Waals surface area contributed by atoms with Crippen molar-refractivity contribution < 1.29 is 9.53 Å². The number of ether oxygens (including phenoxy) is 1. The van der Waals surface area contributed by atoms with Crippen LogP contribution in [-0.4, -0.2) is 24.6 Å². The fourth-order valence-corrected chi connectivity index (χ4v) is 2.29. The number of nitrogens with one attached hydrogen (secondary N) is 1. The first kappa shape index (κ1) is 17.2. The van der Waals surface area contributed by atoms with Crippen molar-refractivity contribution in [2.45, 2.75) is 19.9 Å². The standard InChI is InChI=1S/C18H21ClN2O2/c1-3-11-23-17-10-9-15(12-16(17)19)20-18(22)21(2)13-14-7-5-4-6-8-14/h4-10,12H,3,11,13H2,1-2H3,(H,20,22). The van der Waals surface area contributed by atoms with Crippen LogP contribution in [0.3, 0.4) is 0 Å². The maximum atomic E-state index is 12.2. The van der Waals surface area contributed by atoms with Crippen molar-refractivity contribution in [3.8, 4) is 5.75 Å². The van der Waals surface area contributed by atoms with Crippen LogP contribution in [0, 0.1) is 0 Å². The maximum Gasteiger partial charge on any atom is 0.321 e. The molecule has 0 saturated carbocycles. The zero-order valence-corrected chi connectivity index (χ0v) is 14.1. The first-order chi connectivity index (χ1) is 11.1. The van der Waals surface area contributed by atoms with Crippen molar-refractivity contribution in [1.29, 1.82) is 0 Å². The average molecular weight is 333 g/mol. The van der Waals surface area contributed by atoms with Crippen molar-refractivity contribution >= 4 is 23.3 Å². The SMILES string of the molecule is CCCOc1ccc(NC(=O)N(C)Cc2ccccc2)cc1Cl. The predicted molar refractivity (Wildman–Crippen MR) is 94.2 cm³/mol. The monoisotopic (exact) mass is 332 g/mol. The highest BCUT2D eigenvalue weighted by Crippen LogP contribution is 2.28. The molecule has 0 aromatic heterocycles. The molecule has 2 rings (SSSR count). The van der Waals surface area contributed by atoms with Gasteiger partial charge in [-0.15, -0.1) is 0 Å². The summed E-state index contributed by atoms with van der Waals surface area (Å²) >= 11 is 6.17. The fraction of sp³-hybridized carbons (Fsp3) is 0.278. The van der Waals surface area contributed by atoms with Gasteiger partial charge in [-0.3, -0.25) is 0 Å². The van der Waals surface area contributed by atoms with Crippen LogP contribution >= 0.6 is 11.6 Å².